The average Bonchev–Trinajstić information content (AvgIpc) is 1.96. The van der Waals surface area contributed by atoms with Crippen molar-refractivity contribution in [2.45, 2.75) is 44.4 Å². The van der Waals surface area contributed by atoms with Crippen LogP contribution in [0, 0.1) is 0 Å². The van der Waals surface area contributed by atoms with Crippen LogP contribution in [-0.2, 0) is 0 Å². The van der Waals surface area contributed by atoms with Gasteiger partial charge in [0.15, 0.2) is 0 Å². The predicted octanol–water partition coefficient (Wildman–Crippen LogP) is 1.75. The minimum absolute atomic E-state index is 0.0928. The molecule has 0 aromatic rings. The molecule has 0 heterocycles. The molecule has 1 fully saturated rings. The van der Waals surface area contributed by atoms with Crippen molar-refractivity contribution in [3.63, 3.8) is 0 Å². The Kier molecular flexibility index (Phi) is 3.78. The summed E-state index contributed by atoms with van der Waals surface area (Å²) in [5.74, 6) is 0. The lowest BCUT2D eigenvalue weighted by Crippen LogP contribution is -2.51. The van der Waals surface area contributed by atoms with E-state index in [4.69, 9.17) is 5.73 Å². The van der Waals surface area contributed by atoms with Crippen molar-refractivity contribution >= 4 is 0 Å². The van der Waals surface area contributed by atoms with Gasteiger partial charge in [-0.1, -0.05) is 6.42 Å². The third-order valence-electron chi connectivity index (χ3n) is 2.81. The van der Waals surface area contributed by atoms with Gasteiger partial charge in [-0.25, -0.2) is 0 Å². The highest BCUT2D eigenvalue weighted by atomic mass is 19.4. The maximum absolute atomic E-state index is 12.2. The summed E-state index contributed by atoms with van der Waals surface area (Å²) in [5.41, 5.74) is 5.40. The highest BCUT2D eigenvalue weighted by Crippen LogP contribution is 2.29. The molecule has 1 aliphatic rings. The highest BCUT2D eigenvalue weighted by Gasteiger charge is 2.37. The van der Waals surface area contributed by atoms with E-state index < -0.39 is 12.7 Å². The molecule has 0 saturated heterocycles. The molecule has 84 valence electrons. The van der Waals surface area contributed by atoms with Gasteiger partial charge in [-0.05, 0) is 19.8 Å². The Balaban J connectivity index is 2.52. The second-order valence-corrected chi connectivity index (χ2v) is 3.96. The van der Waals surface area contributed by atoms with Crippen LogP contribution in [0.2, 0.25) is 0 Å². The fourth-order valence-corrected chi connectivity index (χ4v) is 1.71. The molecule has 1 aliphatic carbocycles. The molecule has 0 aromatic carbocycles. The first-order valence-corrected chi connectivity index (χ1v) is 4.96. The van der Waals surface area contributed by atoms with Gasteiger partial charge in [0.2, 0.25) is 0 Å². The third kappa shape index (κ3) is 3.13. The Morgan fingerprint density at radius 1 is 1.43 bits per heavy atom. The average molecular weight is 210 g/mol. The van der Waals surface area contributed by atoms with Crippen LogP contribution in [0.5, 0.6) is 0 Å². The summed E-state index contributed by atoms with van der Waals surface area (Å²) in [4.78, 5) is 1.49. The molecule has 2 nitrogen and oxygen atoms in total. The van der Waals surface area contributed by atoms with Crippen LogP contribution in [0.15, 0.2) is 0 Å². The van der Waals surface area contributed by atoms with Gasteiger partial charge in [-0.3, -0.25) is 4.90 Å². The van der Waals surface area contributed by atoms with Gasteiger partial charge in [0.05, 0.1) is 6.54 Å². The second kappa shape index (κ2) is 4.49. The summed E-state index contributed by atoms with van der Waals surface area (Å²) in [5, 5.41) is 0. The van der Waals surface area contributed by atoms with Crippen molar-refractivity contribution in [3.05, 3.63) is 0 Å². The molecule has 0 amide bonds. The summed E-state index contributed by atoms with van der Waals surface area (Å²) < 4.78 is 36.7. The number of nitrogens with two attached hydrogens (primary N) is 1. The van der Waals surface area contributed by atoms with Crippen LogP contribution >= 0.6 is 0 Å². The van der Waals surface area contributed by atoms with Gasteiger partial charge >= 0.3 is 6.18 Å². The molecule has 5 heteroatoms. The Hall–Kier alpha value is -0.290. The molecule has 1 saturated carbocycles. The summed E-state index contributed by atoms with van der Waals surface area (Å²) in [7, 11) is 0. The van der Waals surface area contributed by atoms with E-state index in [0.717, 1.165) is 19.3 Å². The molecule has 0 aliphatic heterocycles. The quantitative estimate of drug-likeness (QED) is 0.766. The fraction of sp³-hybridized carbons (Fsp3) is 1.00. The zero-order chi connectivity index (χ0) is 10.8. The Bertz CT molecular complexity index is 173. The minimum atomic E-state index is -4.11. The second-order valence-electron chi connectivity index (χ2n) is 3.96. The molecule has 1 unspecified atom stereocenters. The van der Waals surface area contributed by atoms with Crippen LogP contribution in [-0.4, -0.2) is 36.2 Å². The Morgan fingerprint density at radius 2 is 2.00 bits per heavy atom. The van der Waals surface area contributed by atoms with E-state index in [2.05, 4.69) is 0 Å². The van der Waals surface area contributed by atoms with E-state index in [0.29, 0.717) is 0 Å². The van der Waals surface area contributed by atoms with Crippen molar-refractivity contribution < 1.29 is 13.2 Å². The minimum Gasteiger partial charge on any atom is -0.329 e. The van der Waals surface area contributed by atoms with Crippen molar-refractivity contribution in [2.75, 3.05) is 13.1 Å². The third-order valence-corrected chi connectivity index (χ3v) is 2.81. The van der Waals surface area contributed by atoms with Crippen LogP contribution in [0.1, 0.15) is 26.2 Å². The number of rotatable bonds is 4. The summed E-state index contributed by atoms with van der Waals surface area (Å²) in [6.07, 6.45) is -1.32. The number of hydrogen-bond donors (Lipinski definition) is 1. The molecule has 0 bridgehead atoms. The van der Waals surface area contributed by atoms with E-state index >= 15 is 0 Å². The van der Waals surface area contributed by atoms with Gasteiger partial charge in [0.25, 0.3) is 0 Å². The van der Waals surface area contributed by atoms with E-state index in [-0.39, 0.29) is 18.6 Å². The zero-order valence-corrected chi connectivity index (χ0v) is 8.35. The van der Waals surface area contributed by atoms with Gasteiger partial charge in [-0.15, -0.1) is 0 Å². The van der Waals surface area contributed by atoms with Crippen LogP contribution in [0.3, 0.4) is 0 Å². The highest BCUT2D eigenvalue weighted by molar-refractivity contribution is 4.85. The van der Waals surface area contributed by atoms with Crippen molar-refractivity contribution in [2.24, 2.45) is 5.73 Å². The molecular weight excluding hydrogens is 193 g/mol. The normalized spacial score (nSPS) is 21.0. The van der Waals surface area contributed by atoms with E-state index in [9.17, 15) is 13.2 Å². The van der Waals surface area contributed by atoms with Crippen molar-refractivity contribution in [1.82, 2.24) is 4.90 Å². The Labute approximate surface area is 82.2 Å². The van der Waals surface area contributed by atoms with Crippen LogP contribution < -0.4 is 5.73 Å². The molecule has 14 heavy (non-hydrogen) atoms. The van der Waals surface area contributed by atoms with Gasteiger partial charge < -0.3 is 5.73 Å². The topological polar surface area (TPSA) is 29.3 Å². The largest absolute Gasteiger partial charge is 0.401 e. The van der Waals surface area contributed by atoms with Gasteiger partial charge in [-0.2, -0.15) is 13.2 Å². The molecule has 0 aromatic heterocycles. The predicted molar refractivity (Wildman–Crippen MR) is 48.9 cm³/mol. The SMILES string of the molecule is CC(CN)N(CC(F)(F)F)C1CCC1. The molecule has 0 spiro atoms. The Morgan fingerprint density at radius 3 is 2.29 bits per heavy atom. The first-order valence-electron chi connectivity index (χ1n) is 4.96. The molecular formula is C9H17F3N2. The maximum atomic E-state index is 12.2. The molecule has 1 atom stereocenters. The standard InChI is InChI=1S/C9H17F3N2/c1-7(5-13)14(6-9(10,11)12)8-3-2-4-8/h7-8H,2-6,13H2,1H3. The van der Waals surface area contributed by atoms with Crippen molar-refractivity contribution in [1.29, 1.82) is 0 Å². The van der Waals surface area contributed by atoms with E-state index in [1.54, 1.807) is 6.92 Å². The van der Waals surface area contributed by atoms with E-state index in [1.165, 1.54) is 4.90 Å². The zero-order valence-electron chi connectivity index (χ0n) is 8.35. The maximum Gasteiger partial charge on any atom is 0.401 e. The molecule has 0 radical (unpaired) electrons. The number of nitrogens with zero attached hydrogens (tertiary/aromatic N) is 1. The summed E-state index contributed by atoms with van der Waals surface area (Å²) >= 11 is 0. The molecule has 2 N–H and O–H groups in total. The summed E-state index contributed by atoms with van der Waals surface area (Å²) in [6, 6.07) is -0.0860. The number of hydrogen-bond acceptors (Lipinski definition) is 2. The van der Waals surface area contributed by atoms with Gasteiger partial charge in [0, 0.05) is 18.6 Å². The number of alkyl halides is 3. The van der Waals surface area contributed by atoms with Gasteiger partial charge in [0.1, 0.15) is 0 Å². The lowest BCUT2D eigenvalue weighted by atomic mass is 9.90. The first-order chi connectivity index (χ1) is 6.44. The first kappa shape index (κ1) is 11.8. The summed E-state index contributed by atoms with van der Waals surface area (Å²) in [6.45, 7) is 1.21. The van der Waals surface area contributed by atoms with Crippen molar-refractivity contribution in [3.8, 4) is 0 Å². The lowest BCUT2D eigenvalue weighted by molar-refractivity contribution is -0.159. The molecule has 1 rings (SSSR count). The monoisotopic (exact) mass is 210 g/mol. The number of halogens is 3. The van der Waals surface area contributed by atoms with Crippen LogP contribution in [0.25, 0.3) is 0 Å². The lowest BCUT2D eigenvalue weighted by Gasteiger charge is -2.41. The van der Waals surface area contributed by atoms with E-state index in [1.807, 2.05) is 0 Å². The van der Waals surface area contributed by atoms with Crippen LogP contribution in [0.4, 0.5) is 13.2 Å². The smallest absolute Gasteiger partial charge is 0.329 e. The fourth-order valence-electron chi connectivity index (χ4n) is 1.71.